The van der Waals surface area contributed by atoms with Gasteiger partial charge in [-0.05, 0) is 44.7 Å². The van der Waals surface area contributed by atoms with E-state index in [2.05, 4.69) is 46.1 Å². The molecule has 3 rings (SSSR count). The molecule has 1 unspecified atom stereocenters. The predicted octanol–water partition coefficient (Wildman–Crippen LogP) is 2.08. The summed E-state index contributed by atoms with van der Waals surface area (Å²) in [6.07, 6.45) is 3.16. The first-order valence-corrected chi connectivity index (χ1v) is 11.0. The van der Waals surface area contributed by atoms with Gasteiger partial charge in [0.1, 0.15) is 12.1 Å². The van der Waals surface area contributed by atoms with Crippen molar-refractivity contribution in [1.29, 1.82) is 5.26 Å². The Morgan fingerprint density at radius 1 is 1.44 bits per heavy atom. The number of nitrogens with zero attached hydrogens (tertiary/aromatic N) is 3. The number of nitriles is 1. The van der Waals surface area contributed by atoms with Crippen molar-refractivity contribution in [3.8, 4) is 6.07 Å². The van der Waals surface area contributed by atoms with Gasteiger partial charge in [0.15, 0.2) is 0 Å². The number of rotatable bonds is 4. The number of hydrogen-bond acceptors (Lipinski definition) is 6. The van der Waals surface area contributed by atoms with Crippen LogP contribution >= 0.6 is 15.9 Å². The first kappa shape index (κ1) is 25.7. The van der Waals surface area contributed by atoms with Crippen LogP contribution in [-0.4, -0.2) is 51.9 Å². The molecule has 0 aromatic carbocycles. The highest BCUT2D eigenvalue weighted by molar-refractivity contribution is 9.10. The molecule has 2 fully saturated rings. The van der Waals surface area contributed by atoms with E-state index in [-0.39, 0.29) is 35.5 Å². The number of pyridine rings is 1. The summed E-state index contributed by atoms with van der Waals surface area (Å²) >= 11 is 3.33. The molecule has 2 aliphatic rings. The average Bonchev–Trinajstić information content (AvgIpc) is 3.04. The summed E-state index contributed by atoms with van der Waals surface area (Å²) in [7, 11) is 0. The van der Waals surface area contributed by atoms with Crippen molar-refractivity contribution in [3.05, 3.63) is 28.5 Å². The monoisotopic (exact) mass is 507 g/mol. The Morgan fingerprint density at radius 2 is 2.03 bits per heavy atom. The largest absolute Gasteiger partial charge is 0.483 e. The van der Waals surface area contributed by atoms with Crippen LogP contribution in [0.1, 0.15) is 46.2 Å². The van der Waals surface area contributed by atoms with Crippen LogP contribution in [-0.2, 0) is 14.4 Å². The van der Waals surface area contributed by atoms with E-state index >= 15 is 0 Å². The molecule has 0 bridgehead atoms. The third-order valence-corrected chi connectivity index (χ3v) is 6.87. The number of halogens is 1. The molecule has 2 heterocycles. The zero-order valence-corrected chi connectivity index (χ0v) is 20.5. The highest BCUT2D eigenvalue weighted by Gasteiger charge is 2.69. The van der Waals surface area contributed by atoms with E-state index in [1.54, 1.807) is 23.4 Å². The van der Waals surface area contributed by atoms with Crippen LogP contribution in [0.2, 0.25) is 0 Å². The van der Waals surface area contributed by atoms with Gasteiger partial charge in [0.25, 0.3) is 6.47 Å². The van der Waals surface area contributed by atoms with Crippen molar-refractivity contribution < 1.29 is 19.5 Å². The highest BCUT2D eigenvalue weighted by Crippen LogP contribution is 2.65. The Morgan fingerprint density at radius 3 is 2.53 bits per heavy atom. The molecule has 5 atom stereocenters. The summed E-state index contributed by atoms with van der Waals surface area (Å²) in [5, 5.41) is 19.3. The standard InChI is InChI=1S/C21H28BrN5O2.CH2O2/c1-20(2,3)17(24)19(29)27-10-13-15(21(13,4)5)16(27)18(28)26-14(7-23)11-6-12(22)9-25-8-11;2-1-3/h6,8-9,13-17H,10,24H2,1-5H3,(H,26,28);1H,(H,2,3)/t13-,14?,15-,16-,17+;/m0./s1. The topological polar surface area (TPSA) is 149 Å². The number of nitrogens with one attached hydrogen (secondary N) is 1. The second-order valence-electron chi connectivity index (χ2n) is 9.85. The van der Waals surface area contributed by atoms with Gasteiger partial charge in [0.2, 0.25) is 11.8 Å². The molecule has 0 radical (unpaired) electrons. The Hall–Kier alpha value is -2.51. The maximum atomic E-state index is 13.3. The first-order valence-electron chi connectivity index (χ1n) is 10.3. The molecular formula is C22H30BrN5O4. The van der Waals surface area contributed by atoms with Gasteiger partial charge in [0.05, 0.1) is 12.1 Å². The van der Waals surface area contributed by atoms with Crippen molar-refractivity contribution in [2.75, 3.05) is 6.54 Å². The van der Waals surface area contributed by atoms with Crippen LogP contribution in [0.4, 0.5) is 0 Å². The molecule has 2 amide bonds. The Labute approximate surface area is 196 Å². The summed E-state index contributed by atoms with van der Waals surface area (Å²) in [5.74, 6) is -0.191. The van der Waals surface area contributed by atoms with Crippen molar-refractivity contribution in [3.63, 3.8) is 0 Å². The van der Waals surface area contributed by atoms with E-state index in [1.807, 2.05) is 20.8 Å². The molecule has 1 saturated heterocycles. The van der Waals surface area contributed by atoms with Crippen molar-refractivity contribution in [1.82, 2.24) is 15.2 Å². The van der Waals surface area contributed by atoms with E-state index in [0.717, 1.165) is 4.47 Å². The minimum Gasteiger partial charge on any atom is -0.483 e. The van der Waals surface area contributed by atoms with E-state index in [9.17, 15) is 14.9 Å². The fraction of sp³-hybridized carbons (Fsp3) is 0.591. The third-order valence-electron chi connectivity index (χ3n) is 6.43. The van der Waals surface area contributed by atoms with Gasteiger partial charge >= 0.3 is 0 Å². The van der Waals surface area contributed by atoms with Gasteiger partial charge in [-0.3, -0.25) is 19.4 Å². The van der Waals surface area contributed by atoms with Crippen molar-refractivity contribution in [2.24, 2.45) is 28.4 Å². The van der Waals surface area contributed by atoms with E-state index in [1.165, 1.54) is 0 Å². The lowest BCUT2D eigenvalue weighted by Crippen LogP contribution is -2.57. The molecule has 1 aromatic rings. The van der Waals surface area contributed by atoms with Crippen molar-refractivity contribution in [2.45, 2.75) is 52.7 Å². The molecule has 9 nitrogen and oxygen atoms in total. The lowest BCUT2D eigenvalue weighted by atomic mass is 9.86. The number of amides is 2. The number of carboxylic acid groups (broad SMARTS) is 1. The molecular weight excluding hydrogens is 478 g/mol. The molecule has 32 heavy (non-hydrogen) atoms. The number of aromatic nitrogens is 1. The number of piperidine rings is 1. The van der Waals surface area contributed by atoms with Gasteiger partial charge in [-0.15, -0.1) is 0 Å². The van der Waals surface area contributed by atoms with Crippen LogP contribution in [0.25, 0.3) is 0 Å². The second kappa shape index (κ2) is 9.55. The minimum absolute atomic E-state index is 0.00984. The Balaban J connectivity index is 0.00000114. The van der Waals surface area contributed by atoms with E-state index < -0.39 is 23.5 Å². The van der Waals surface area contributed by atoms with E-state index in [4.69, 9.17) is 15.6 Å². The maximum Gasteiger partial charge on any atom is 0.290 e. The zero-order valence-electron chi connectivity index (χ0n) is 18.9. The Bertz CT molecular complexity index is 924. The zero-order chi connectivity index (χ0) is 24.4. The molecule has 1 saturated carbocycles. The van der Waals surface area contributed by atoms with Gasteiger partial charge in [-0.1, -0.05) is 34.6 Å². The Kier molecular flexibility index (Phi) is 7.68. The number of carbonyl (C=O) groups excluding carboxylic acids is 2. The third kappa shape index (κ3) is 5.10. The molecule has 4 N–H and O–H groups in total. The molecule has 174 valence electrons. The van der Waals surface area contributed by atoms with Gasteiger partial charge < -0.3 is 21.1 Å². The quantitative estimate of drug-likeness (QED) is 0.527. The van der Waals surface area contributed by atoms with Crippen molar-refractivity contribution >= 4 is 34.2 Å². The molecule has 0 spiro atoms. The SMILES string of the molecule is CC(C)(C)[C@H](N)C(=O)N1C[C@H]2[C@@H]([C@H]1C(=O)NC(C#N)c1cncc(Br)c1)C2(C)C.O=CO. The fourth-order valence-electron chi connectivity index (χ4n) is 4.37. The number of likely N-dealkylation sites (tertiary alicyclic amines) is 1. The fourth-order valence-corrected chi connectivity index (χ4v) is 4.75. The van der Waals surface area contributed by atoms with Crippen LogP contribution in [0.15, 0.2) is 22.9 Å². The van der Waals surface area contributed by atoms with Gasteiger partial charge in [0, 0.05) is 29.0 Å². The number of nitrogens with two attached hydrogens (primary N) is 1. The summed E-state index contributed by atoms with van der Waals surface area (Å²) < 4.78 is 0.724. The predicted molar refractivity (Wildman–Crippen MR) is 121 cm³/mol. The van der Waals surface area contributed by atoms with Gasteiger partial charge in [-0.2, -0.15) is 5.26 Å². The van der Waals surface area contributed by atoms with Crippen LogP contribution < -0.4 is 11.1 Å². The molecule has 1 aliphatic heterocycles. The lowest BCUT2D eigenvalue weighted by Gasteiger charge is -2.35. The van der Waals surface area contributed by atoms with Crippen LogP contribution in [0.5, 0.6) is 0 Å². The number of carbonyl (C=O) groups is 3. The maximum absolute atomic E-state index is 13.3. The summed E-state index contributed by atoms with van der Waals surface area (Å²) in [5.41, 5.74) is 6.38. The molecule has 1 aliphatic carbocycles. The van der Waals surface area contributed by atoms with Crippen LogP contribution in [0.3, 0.4) is 0 Å². The summed E-state index contributed by atoms with van der Waals surface area (Å²) in [4.78, 5) is 40.4. The van der Waals surface area contributed by atoms with Crippen LogP contribution in [0, 0.1) is 34.0 Å². The van der Waals surface area contributed by atoms with E-state index in [0.29, 0.717) is 12.1 Å². The summed E-state index contributed by atoms with van der Waals surface area (Å²) in [6.45, 7) is 10.3. The molecule has 1 aromatic heterocycles. The normalized spacial score (nSPS) is 24.7. The minimum atomic E-state index is -0.846. The smallest absolute Gasteiger partial charge is 0.290 e. The summed E-state index contributed by atoms with van der Waals surface area (Å²) in [6, 6.07) is 1.71. The number of fused-ring (bicyclic) bond motifs is 1. The number of hydrogen-bond donors (Lipinski definition) is 3. The average molecular weight is 508 g/mol. The molecule has 10 heteroatoms. The highest BCUT2D eigenvalue weighted by atomic mass is 79.9. The first-order chi connectivity index (χ1) is 14.8. The lowest BCUT2D eigenvalue weighted by molar-refractivity contribution is -0.143. The second-order valence-corrected chi connectivity index (χ2v) is 10.8. The van der Waals surface area contributed by atoms with Gasteiger partial charge in [-0.25, -0.2) is 0 Å².